The van der Waals surface area contributed by atoms with Crippen LogP contribution in [0.4, 0.5) is 0 Å². The molecule has 0 aromatic rings. The van der Waals surface area contributed by atoms with Gasteiger partial charge in [0.25, 0.3) is 0 Å². The molecule has 0 spiro atoms. The zero-order valence-corrected chi connectivity index (χ0v) is 8.02. The summed E-state index contributed by atoms with van der Waals surface area (Å²) in [6.45, 7) is 6.22. The molecule has 0 heterocycles. The highest BCUT2D eigenvalue weighted by Gasteiger charge is 2.00. The highest BCUT2D eigenvalue weighted by atomic mass is 35.5. The molecule has 0 aromatic heterocycles. The Balaban J connectivity index is 3.53. The van der Waals surface area contributed by atoms with Crippen LogP contribution in [-0.2, 0) is 0 Å². The first-order valence-electron chi connectivity index (χ1n) is 3.73. The number of allylic oxidation sites excluding steroid dienone is 1. The summed E-state index contributed by atoms with van der Waals surface area (Å²) in [6, 6.07) is 0. The summed E-state index contributed by atoms with van der Waals surface area (Å²) in [5.41, 5.74) is 0.998. The molecule has 0 saturated heterocycles. The van der Waals surface area contributed by atoms with E-state index < -0.39 is 0 Å². The molecular formula is C8H16ClNO. The van der Waals surface area contributed by atoms with E-state index in [9.17, 15) is 0 Å². The smallest absolute Gasteiger partial charge is 0.101 e. The first kappa shape index (κ1) is 11.0. The highest BCUT2D eigenvalue weighted by molar-refractivity contribution is 6.21. The van der Waals surface area contributed by atoms with Gasteiger partial charge in [-0.1, -0.05) is 11.6 Å². The van der Waals surface area contributed by atoms with Gasteiger partial charge in [0.05, 0.1) is 6.10 Å². The van der Waals surface area contributed by atoms with Crippen LogP contribution in [0.15, 0.2) is 11.6 Å². The predicted octanol–water partition coefficient (Wildman–Crippen LogP) is 1.49. The Morgan fingerprint density at radius 2 is 2.18 bits per heavy atom. The molecule has 0 fully saturated rings. The molecule has 2 unspecified atom stereocenters. The summed E-state index contributed by atoms with van der Waals surface area (Å²) >= 11 is 5.82. The maximum Gasteiger partial charge on any atom is 0.101 e. The quantitative estimate of drug-likeness (QED) is 0.388. The van der Waals surface area contributed by atoms with Crippen molar-refractivity contribution in [2.24, 2.45) is 0 Å². The van der Waals surface area contributed by atoms with Gasteiger partial charge in [0.15, 0.2) is 0 Å². The zero-order valence-electron chi connectivity index (χ0n) is 7.26. The van der Waals surface area contributed by atoms with Gasteiger partial charge in [0, 0.05) is 6.54 Å². The van der Waals surface area contributed by atoms with Crippen molar-refractivity contribution in [3.63, 3.8) is 0 Å². The van der Waals surface area contributed by atoms with Crippen LogP contribution in [-0.4, -0.2) is 23.3 Å². The van der Waals surface area contributed by atoms with E-state index >= 15 is 0 Å². The fraction of sp³-hybridized carbons (Fsp3) is 0.750. The number of aliphatic hydroxyl groups excluding tert-OH is 1. The van der Waals surface area contributed by atoms with E-state index in [1.165, 1.54) is 5.57 Å². The number of hydrogen-bond donors (Lipinski definition) is 2. The predicted molar refractivity (Wildman–Crippen MR) is 48.8 cm³/mol. The second kappa shape index (κ2) is 5.58. The standard InChI is InChI=1S/C8H16ClNO/c1-6(2)4-8(9)10-5-7(3)11/h4,7-8,10-11H,5H2,1-3H3. The van der Waals surface area contributed by atoms with E-state index in [2.05, 4.69) is 5.32 Å². The Hall–Kier alpha value is -0.0500. The molecule has 66 valence electrons. The van der Waals surface area contributed by atoms with Gasteiger partial charge in [0.1, 0.15) is 5.50 Å². The maximum absolute atomic E-state index is 8.89. The molecule has 3 heteroatoms. The molecule has 0 radical (unpaired) electrons. The number of hydrogen-bond acceptors (Lipinski definition) is 2. The molecular weight excluding hydrogens is 162 g/mol. The first-order valence-corrected chi connectivity index (χ1v) is 4.16. The number of halogens is 1. The second-order valence-corrected chi connectivity index (χ2v) is 3.37. The van der Waals surface area contributed by atoms with Gasteiger partial charge in [-0.2, -0.15) is 0 Å². The van der Waals surface area contributed by atoms with Gasteiger partial charge in [0.2, 0.25) is 0 Å². The fourth-order valence-electron chi connectivity index (χ4n) is 0.635. The lowest BCUT2D eigenvalue weighted by Crippen LogP contribution is -2.29. The summed E-state index contributed by atoms with van der Waals surface area (Å²) in [7, 11) is 0. The van der Waals surface area contributed by atoms with Crippen molar-refractivity contribution in [2.45, 2.75) is 32.4 Å². The normalized spacial score (nSPS) is 15.7. The van der Waals surface area contributed by atoms with Gasteiger partial charge in [-0.25, -0.2) is 0 Å². The largest absolute Gasteiger partial charge is 0.392 e. The fourth-order valence-corrected chi connectivity index (χ4v) is 0.976. The summed E-state index contributed by atoms with van der Waals surface area (Å²) in [4.78, 5) is 0. The van der Waals surface area contributed by atoms with Crippen molar-refractivity contribution in [2.75, 3.05) is 6.54 Å². The molecule has 2 N–H and O–H groups in total. The van der Waals surface area contributed by atoms with Crippen LogP contribution in [0.25, 0.3) is 0 Å². The monoisotopic (exact) mass is 177 g/mol. The van der Waals surface area contributed by atoms with Crippen LogP contribution in [0.5, 0.6) is 0 Å². The van der Waals surface area contributed by atoms with E-state index in [1.54, 1.807) is 6.92 Å². The summed E-state index contributed by atoms with van der Waals surface area (Å²) in [5.74, 6) is 0. The van der Waals surface area contributed by atoms with Gasteiger partial charge < -0.3 is 5.11 Å². The summed E-state index contributed by atoms with van der Waals surface area (Å²) in [6.07, 6.45) is 1.56. The van der Waals surface area contributed by atoms with E-state index in [0.29, 0.717) is 6.54 Å². The third-order valence-electron chi connectivity index (χ3n) is 1.09. The molecule has 11 heavy (non-hydrogen) atoms. The Morgan fingerprint density at radius 3 is 2.55 bits per heavy atom. The van der Waals surface area contributed by atoms with Crippen LogP contribution in [0.2, 0.25) is 0 Å². The highest BCUT2D eigenvalue weighted by Crippen LogP contribution is 1.98. The molecule has 0 saturated carbocycles. The zero-order chi connectivity index (χ0) is 8.85. The lowest BCUT2D eigenvalue weighted by molar-refractivity contribution is 0.191. The minimum Gasteiger partial charge on any atom is -0.392 e. The lowest BCUT2D eigenvalue weighted by atomic mass is 10.3. The van der Waals surface area contributed by atoms with Crippen molar-refractivity contribution in [1.82, 2.24) is 5.32 Å². The minimum atomic E-state index is -0.346. The van der Waals surface area contributed by atoms with Crippen LogP contribution in [0, 0.1) is 0 Å². The lowest BCUT2D eigenvalue weighted by Gasteiger charge is -2.09. The van der Waals surface area contributed by atoms with Gasteiger partial charge in [-0.3, -0.25) is 5.32 Å². The molecule has 0 bridgehead atoms. The third kappa shape index (κ3) is 7.85. The molecule has 0 aliphatic rings. The molecule has 2 nitrogen and oxygen atoms in total. The van der Waals surface area contributed by atoms with Crippen LogP contribution >= 0.6 is 11.6 Å². The number of nitrogens with one attached hydrogen (secondary N) is 1. The van der Waals surface area contributed by atoms with E-state index in [-0.39, 0.29) is 11.6 Å². The van der Waals surface area contributed by atoms with Crippen LogP contribution in [0.3, 0.4) is 0 Å². The summed E-state index contributed by atoms with van der Waals surface area (Å²) < 4.78 is 0. The minimum absolute atomic E-state index is 0.172. The van der Waals surface area contributed by atoms with Crippen LogP contribution in [0.1, 0.15) is 20.8 Å². The van der Waals surface area contributed by atoms with Crippen LogP contribution < -0.4 is 5.32 Å². The molecule has 0 aromatic carbocycles. The van der Waals surface area contributed by atoms with Crippen molar-refractivity contribution >= 4 is 11.6 Å². The molecule has 0 rings (SSSR count). The van der Waals surface area contributed by atoms with E-state index in [0.717, 1.165) is 0 Å². The van der Waals surface area contributed by atoms with E-state index in [1.807, 2.05) is 19.9 Å². The van der Waals surface area contributed by atoms with Crippen molar-refractivity contribution in [3.8, 4) is 0 Å². The Morgan fingerprint density at radius 1 is 1.64 bits per heavy atom. The maximum atomic E-state index is 8.89. The topological polar surface area (TPSA) is 32.3 Å². The summed E-state index contributed by atoms with van der Waals surface area (Å²) in [5, 5.41) is 11.8. The SMILES string of the molecule is CC(C)=CC(Cl)NCC(C)O. The average Bonchev–Trinajstić information content (AvgIpc) is 1.82. The Labute approximate surface area is 73.3 Å². The average molecular weight is 178 g/mol. The number of rotatable bonds is 4. The second-order valence-electron chi connectivity index (χ2n) is 2.90. The molecule has 0 aliphatic heterocycles. The van der Waals surface area contributed by atoms with Gasteiger partial charge in [-0.05, 0) is 20.8 Å². The van der Waals surface area contributed by atoms with Crippen molar-refractivity contribution in [1.29, 1.82) is 0 Å². The van der Waals surface area contributed by atoms with E-state index in [4.69, 9.17) is 16.7 Å². The number of aliphatic hydroxyl groups is 1. The van der Waals surface area contributed by atoms with Gasteiger partial charge >= 0.3 is 0 Å². The van der Waals surface area contributed by atoms with Crippen molar-refractivity contribution in [3.05, 3.63) is 11.6 Å². The molecule has 0 aliphatic carbocycles. The van der Waals surface area contributed by atoms with Gasteiger partial charge in [-0.15, -0.1) is 11.6 Å². The number of alkyl halides is 1. The molecule has 0 amide bonds. The van der Waals surface area contributed by atoms with Crippen molar-refractivity contribution < 1.29 is 5.11 Å². The first-order chi connectivity index (χ1) is 5.02. The third-order valence-corrected chi connectivity index (χ3v) is 1.37. The molecule has 2 atom stereocenters. The Bertz CT molecular complexity index is 130. The Kier molecular flexibility index (Phi) is 5.56.